The number of imide groups is 1. The standard InChI is InChI=1S/C19H28N4O2S/c1-20-19(22-11-12-4-8-26-9-5-12)21-6-7-23-17(24)15-13-2-3-14(10-13)16(15)18(23)25/h2-3,12-16H,4-11H2,1H3,(H2,20,21,22). The predicted molar refractivity (Wildman–Crippen MR) is 104 cm³/mol. The first kappa shape index (κ1) is 17.9. The van der Waals surface area contributed by atoms with Crippen molar-refractivity contribution in [2.24, 2.45) is 34.6 Å². The summed E-state index contributed by atoms with van der Waals surface area (Å²) in [6, 6.07) is 0. The van der Waals surface area contributed by atoms with Crippen LogP contribution in [-0.4, -0.2) is 60.9 Å². The second-order valence-corrected chi connectivity index (χ2v) is 8.99. The molecular formula is C19H28N4O2S. The van der Waals surface area contributed by atoms with Crippen LogP contribution in [0.3, 0.4) is 0 Å². The summed E-state index contributed by atoms with van der Waals surface area (Å²) in [6.45, 7) is 1.89. The molecule has 2 saturated heterocycles. The molecule has 4 aliphatic rings. The Balaban J connectivity index is 1.24. The lowest BCUT2D eigenvalue weighted by atomic mass is 9.85. The molecule has 4 unspecified atom stereocenters. The van der Waals surface area contributed by atoms with Crippen LogP contribution >= 0.6 is 11.8 Å². The molecule has 0 aromatic heterocycles. The molecule has 4 rings (SSSR count). The topological polar surface area (TPSA) is 73.8 Å². The maximum atomic E-state index is 12.7. The quantitative estimate of drug-likeness (QED) is 0.325. The molecule has 0 spiro atoms. The molecule has 3 fully saturated rings. The smallest absolute Gasteiger partial charge is 0.233 e. The Kier molecular flexibility index (Phi) is 5.25. The second-order valence-electron chi connectivity index (χ2n) is 7.76. The summed E-state index contributed by atoms with van der Waals surface area (Å²) in [7, 11) is 1.76. The number of guanidine groups is 1. The van der Waals surface area contributed by atoms with Gasteiger partial charge in [-0.05, 0) is 48.5 Å². The first-order chi connectivity index (χ1) is 12.7. The van der Waals surface area contributed by atoms with E-state index in [1.54, 1.807) is 7.05 Å². The van der Waals surface area contributed by atoms with E-state index in [0.29, 0.717) is 19.0 Å². The summed E-state index contributed by atoms with van der Waals surface area (Å²) in [6.07, 6.45) is 7.76. The highest BCUT2D eigenvalue weighted by Crippen LogP contribution is 2.52. The number of hydrogen-bond donors (Lipinski definition) is 2. The summed E-state index contributed by atoms with van der Waals surface area (Å²) in [5.41, 5.74) is 0. The fourth-order valence-electron chi connectivity index (χ4n) is 4.88. The van der Waals surface area contributed by atoms with Crippen molar-refractivity contribution in [1.82, 2.24) is 15.5 Å². The number of thioether (sulfide) groups is 1. The summed E-state index contributed by atoms with van der Waals surface area (Å²) in [5, 5.41) is 6.63. The summed E-state index contributed by atoms with van der Waals surface area (Å²) >= 11 is 2.03. The van der Waals surface area contributed by atoms with E-state index < -0.39 is 0 Å². The van der Waals surface area contributed by atoms with Crippen LogP contribution in [0.15, 0.2) is 17.1 Å². The van der Waals surface area contributed by atoms with Crippen LogP contribution in [0.4, 0.5) is 0 Å². The van der Waals surface area contributed by atoms with Crippen molar-refractivity contribution in [1.29, 1.82) is 0 Å². The van der Waals surface area contributed by atoms with Gasteiger partial charge in [-0.2, -0.15) is 11.8 Å². The van der Waals surface area contributed by atoms with Gasteiger partial charge in [0.2, 0.25) is 11.8 Å². The molecule has 2 aliphatic heterocycles. The third-order valence-corrected chi connectivity index (χ3v) is 7.36. The van der Waals surface area contributed by atoms with Gasteiger partial charge in [-0.25, -0.2) is 0 Å². The average molecular weight is 377 g/mol. The number of rotatable bonds is 5. The van der Waals surface area contributed by atoms with Gasteiger partial charge in [-0.3, -0.25) is 19.5 Å². The number of amides is 2. The fourth-order valence-corrected chi connectivity index (χ4v) is 6.09. The largest absolute Gasteiger partial charge is 0.356 e. The average Bonchev–Trinajstić information content (AvgIpc) is 3.34. The van der Waals surface area contributed by atoms with E-state index in [4.69, 9.17) is 0 Å². The van der Waals surface area contributed by atoms with Gasteiger partial charge in [0.25, 0.3) is 0 Å². The number of aliphatic imine (C=N–C) groups is 1. The van der Waals surface area contributed by atoms with Crippen LogP contribution in [0, 0.1) is 29.6 Å². The molecule has 2 N–H and O–H groups in total. The lowest BCUT2D eigenvalue weighted by Crippen LogP contribution is -2.45. The molecule has 2 heterocycles. The number of hydrogen-bond acceptors (Lipinski definition) is 4. The van der Waals surface area contributed by atoms with Gasteiger partial charge >= 0.3 is 0 Å². The maximum Gasteiger partial charge on any atom is 0.233 e. The van der Waals surface area contributed by atoms with Crippen LogP contribution in [0.5, 0.6) is 0 Å². The number of allylic oxidation sites excluding steroid dienone is 2. The van der Waals surface area contributed by atoms with Crippen LogP contribution < -0.4 is 10.6 Å². The Labute approximate surface area is 159 Å². The molecule has 6 nitrogen and oxygen atoms in total. The zero-order valence-electron chi connectivity index (χ0n) is 15.3. The van der Waals surface area contributed by atoms with Crippen LogP contribution in [0.25, 0.3) is 0 Å². The number of carbonyl (C=O) groups is 2. The molecule has 7 heteroatoms. The van der Waals surface area contributed by atoms with Crippen molar-refractivity contribution < 1.29 is 9.59 Å². The molecule has 26 heavy (non-hydrogen) atoms. The molecule has 1 saturated carbocycles. The lowest BCUT2D eigenvalue weighted by Gasteiger charge is -2.23. The van der Waals surface area contributed by atoms with E-state index in [1.165, 1.54) is 29.2 Å². The number of carbonyl (C=O) groups excluding carboxylic acids is 2. The number of nitrogens with zero attached hydrogens (tertiary/aromatic N) is 2. The zero-order chi connectivity index (χ0) is 18.1. The van der Waals surface area contributed by atoms with E-state index in [0.717, 1.165) is 18.9 Å². The van der Waals surface area contributed by atoms with Gasteiger partial charge in [0.1, 0.15) is 0 Å². The van der Waals surface area contributed by atoms with Crippen molar-refractivity contribution in [3.63, 3.8) is 0 Å². The molecule has 2 bridgehead atoms. The van der Waals surface area contributed by atoms with Crippen molar-refractivity contribution in [3.05, 3.63) is 12.2 Å². The Morgan fingerprint density at radius 3 is 2.42 bits per heavy atom. The van der Waals surface area contributed by atoms with Crippen molar-refractivity contribution >= 4 is 29.5 Å². The summed E-state index contributed by atoms with van der Waals surface area (Å²) in [5.74, 6) is 4.38. The van der Waals surface area contributed by atoms with Gasteiger partial charge in [0.05, 0.1) is 11.8 Å². The van der Waals surface area contributed by atoms with Gasteiger partial charge < -0.3 is 10.6 Å². The molecule has 0 aromatic carbocycles. The van der Waals surface area contributed by atoms with E-state index in [2.05, 4.69) is 27.8 Å². The van der Waals surface area contributed by atoms with Crippen LogP contribution in [0.1, 0.15) is 19.3 Å². The van der Waals surface area contributed by atoms with Gasteiger partial charge in [-0.1, -0.05) is 12.2 Å². The first-order valence-corrected chi connectivity index (χ1v) is 10.9. The predicted octanol–water partition coefficient (Wildman–Crippen LogP) is 1.10. The van der Waals surface area contributed by atoms with Crippen molar-refractivity contribution in [2.45, 2.75) is 19.3 Å². The van der Waals surface area contributed by atoms with Gasteiger partial charge in [-0.15, -0.1) is 0 Å². The number of nitrogens with one attached hydrogen (secondary N) is 2. The first-order valence-electron chi connectivity index (χ1n) is 9.75. The van der Waals surface area contributed by atoms with Crippen molar-refractivity contribution in [2.75, 3.05) is 38.2 Å². The van der Waals surface area contributed by atoms with Crippen molar-refractivity contribution in [3.8, 4) is 0 Å². The van der Waals surface area contributed by atoms with Gasteiger partial charge in [0.15, 0.2) is 5.96 Å². The fraction of sp³-hybridized carbons (Fsp3) is 0.737. The Morgan fingerprint density at radius 2 is 1.81 bits per heavy atom. The van der Waals surface area contributed by atoms with E-state index in [-0.39, 0.29) is 35.5 Å². The zero-order valence-corrected chi connectivity index (χ0v) is 16.1. The highest BCUT2D eigenvalue weighted by atomic mass is 32.2. The SMILES string of the molecule is CN=C(NCCN1C(=O)C2C3C=CC(C3)C2C1=O)NCC1CCSCC1. The normalized spacial score (nSPS) is 33.9. The van der Waals surface area contributed by atoms with Crippen LogP contribution in [-0.2, 0) is 9.59 Å². The molecule has 2 amide bonds. The second kappa shape index (κ2) is 7.62. The Morgan fingerprint density at radius 1 is 1.15 bits per heavy atom. The minimum absolute atomic E-state index is 0.0290. The van der Waals surface area contributed by atoms with E-state index in [9.17, 15) is 9.59 Å². The van der Waals surface area contributed by atoms with Crippen LogP contribution in [0.2, 0.25) is 0 Å². The Bertz CT molecular complexity index is 599. The van der Waals surface area contributed by atoms with Gasteiger partial charge in [0, 0.05) is 26.7 Å². The molecule has 142 valence electrons. The minimum atomic E-state index is -0.0980. The Hall–Kier alpha value is -1.50. The minimum Gasteiger partial charge on any atom is -0.356 e. The molecule has 4 atom stereocenters. The third kappa shape index (κ3) is 3.26. The van der Waals surface area contributed by atoms with E-state index >= 15 is 0 Å². The summed E-state index contributed by atoms with van der Waals surface area (Å²) < 4.78 is 0. The molecule has 0 radical (unpaired) electrons. The monoisotopic (exact) mass is 376 g/mol. The molecule has 2 aliphatic carbocycles. The number of fused-ring (bicyclic) bond motifs is 5. The van der Waals surface area contributed by atoms with E-state index in [1.807, 2.05) is 11.8 Å². The highest BCUT2D eigenvalue weighted by Gasteiger charge is 2.58. The molecular weight excluding hydrogens is 348 g/mol. The lowest BCUT2D eigenvalue weighted by molar-refractivity contribution is -0.140. The maximum absolute atomic E-state index is 12.7. The highest BCUT2D eigenvalue weighted by molar-refractivity contribution is 7.99. The molecule has 0 aromatic rings. The third-order valence-electron chi connectivity index (χ3n) is 6.31. The number of likely N-dealkylation sites (tertiary alicyclic amines) is 1. The summed E-state index contributed by atoms with van der Waals surface area (Å²) in [4.78, 5) is 31.0.